The predicted octanol–water partition coefficient (Wildman–Crippen LogP) is 4.36. The van der Waals surface area contributed by atoms with E-state index in [0.717, 1.165) is 16.9 Å². The summed E-state index contributed by atoms with van der Waals surface area (Å²) in [5.74, 6) is 0. The maximum atomic E-state index is 14.0. The quantitative estimate of drug-likeness (QED) is 0.434. The van der Waals surface area contributed by atoms with Gasteiger partial charge in [-0.1, -0.05) is 54.6 Å². The molecule has 4 aromatic rings. The van der Waals surface area contributed by atoms with E-state index in [1.165, 1.54) is 15.6 Å². The summed E-state index contributed by atoms with van der Waals surface area (Å²) < 4.78 is 29.6. The molecule has 7 nitrogen and oxygen atoms in total. The molecular weight excluding hydrogens is 466 g/mol. The van der Waals surface area contributed by atoms with Gasteiger partial charge < -0.3 is 9.88 Å². The van der Waals surface area contributed by atoms with Crippen LogP contribution in [-0.4, -0.2) is 35.3 Å². The molecule has 34 heavy (non-hydrogen) atoms. The molecule has 2 aromatic heterocycles. The Bertz CT molecular complexity index is 1380. The van der Waals surface area contributed by atoms with E-state index in [9.17, 15) is 13.7 Å². The molecule has 2 atom stereocenters. The SMILES string of the molecule is N#CC1c2ccccc2N(Cc2c[nH]cn2)CC(Cc2ccccc2)N1S(=O)(=O)c1cccs1. The number of H-pyrrole nitrogens is 1. The molecule has 2 unspecified atom stereocenters. The fourth-order valence-electron chi connectivity index (χ4n) is 4.53. The van der Waals surface area contributed by atoms with E-state index in [2.05, 4.69) is 20.9 Å². The van der Waals surface area contributed by atoms with Crippen molar-refractivity contribution in [1.82, 2.24) is 14.3 Å². The molecule has 1 N–H and O–H groups in total. The zero-order chi connectivity index (χ0) is 23.5. The second kappa shape index (κ2) is 9.43. The summed E-state index contributed by atoms with van der Waals surface area (Å²) >= 11 is 1.17. The number of sulfonamides is 1. The van der Waals surface area contributed by atoms with E-state index < -0.39 is 22.1 Å². The van der Waals surface area contributed by atoms with Crippen LogP contribution in [0.25, 0.3) is 0 Å². The number of aromatic amines is 1. The Morgan fingerprint density at radius 2 is 1.88 bits per heavy atom. The zero-order valence-corrected chi connectivity index (χ0v) is 19.9. The standard InChI is InChI=1S/C25H23N5O2S2/c26-14-24-22-9-4-5-10-23(22)29(16-20-15-27-18-28-20)17-21(13-19-7-2-1-3-8-19)30(24)34(31,32)25-11-6-12-33-25/h1-12,15,18,21,24H,13,16-17H2,(H,27,28). The highest BCUT2D eigenvalue weighted by Gasteiger charge is 2.43. The largest absolute Gasteiger partial charge is 0.364 e. The molecule has 0 amide bonds. The topological polar surface area (TPSA) is 93.1 Å². The van der Waals surface area contributed by atoms with Crippen molar-refractivity contribution in [2.75, 3.05) is 11.4 Å². The average molecular weight is 490 g/mol. The summed E-state index contributed by atoms with van der Waals surface area (Å²) in [4.78, 5) is 9.50. The Kier molecular flexibility index (Phi) is 6.20. The Morgan fingerprint density at radius 1 is 1.09 bits per heavy atom. The molecule has 172 valence electrons. The van der Waals surface area contributed by atoms with Crippen molar-refractivity contribution in [2.24, 2.45) is 0 Å². The number of nitrogens with zero attached hydrogens (tertiary/aromatic N) is 4. The van der Waals surface area contributed by atoms with Crippen LogP contribution in [0.15, 0.2) is 88.8 Å². The Labute approximate surface area is 203 Å². The zero-order valence-electron chi connectivity index (χ0n) is 18.3. The number of fused-ring (bicyclic) bond motifs is 1. The third-order valence-electron chi connectivity index (χ3n) is 5.99. The van der Waals surface area contributed by atoms with Crippen molar-refractivity contribution in [3.63, 3.8) is 0 Å². The van der Waals surface area contributed by atoms with Gasteiger partial charge in [-0.2, -0.15) is 9.57 Å². The number of para-hydroxylation sites is 1. The van der Waals surface area contributed by atoms with Gasteiger partial charge in [-0.25, -0.2) is 13.4 Å². The van der Waals surface area contributed by atoms with Crippen LogP contribution in [-0.2, 0) is 23.0 Å². The van der Waals surface area contributed by atoms with Gasteiger partial charge in [0.05, 0.1) is 24.6 Å². The number of hydrogen-bond acceptors (Lipinski definition) is 6. The molecule has 0 fully saturated rings. The summed E-state index contributed by atoms with van der Waals surface area (Å²) in [5.41, 5.74) is 3.38. The molecule has 5 rings (SSSR count). The van der Waals surface area contributed by atoms with Gasteiger partial charge in [-0.3, -0.25) is 0 Å². The Hall–Kier alpha value is -3.45. The van der Waals surface area contributed by atoms with Crippen LogP contribution < -0.4 is 4.90 Å². The average Bonchev–Trinajstić information content (AvgIpc) is 3.55. The molecule has 0 bridgehead atoms. The van der Waals surface area contributed by atoms with E-state index in [4.69, 9.17) is 0 Å². The first kappa shape index (κ1) is 22.3. The van der Waals surface area contributed by atoms with Gasteiger partial charge in [-0.05, 0) is 29.5 Å². The van der Waals surface area contributed by atoms with E-state index in [1.807, 2.05) is 60.8 Å². The van der Waals surface area contributed by atoms with Crippen molar-refractivity contribution in [3.8, 4) is 6.07 Å². The number of anilines is 1. The lowest BCUT2D eigenvalue weighted by molar-refractivity contribution is 0.293. The van der Waals surface area contributed by atoms with Gasteiger partial charge in [0.2, 0.25) is 0 Å². The number of nitrogens with one attached hydrogen (secondary N) is 1. The molecule has 3 heterocycles. The molecule has 1 aliphatic rings. The summed E-state index contributed by atoms with van der Waals surface area (Å²) in [6.07, 6.45) is 3.95. The minimum atomic E-state index is -3.92. The molecule has 0 spiro atoms. The van der Waals surface area contributed by atoms with Crippen molar-refractivity contribution in [1.29, 1.82) is 5.26 Å². The number of imidazole rings is 1. The van der Waals surface area contributed by atoms with E-state index in [1.54, 1.807) is 23.8 Å². The first-order chi connectivity index (χ1) is 16.6. The predicted molar refractivity (Wildman–Crippen MR) is 132 cm³/mol. The Balaban J connectivity index is 1.67. The van der Waals surface area contributed by atoms with Gasteiger partial charge in [0.1, 0.15) is 10.3 Å². The van der Waals surface area contributed by atoms with Crippen LogP contribution >= 0.6 is 11.3 Å². The first-order valence-electron chi connectivity index (χ1n) is 10.9. The highest BCUT2D eigenvalue weighted by molar-refractivity contribution is 7.91. The van der Waals surface area contributed by atoms with E-state index in [-0.39, 0.29) is 4.21 Å². The van der Waals surface area contributed by atoms with Gasteiger partial charge in [0.25, 0.3) is 10.0 Å². The number of hydrogen-bond donors (Lipinski definition) is 1. The molecule has 0 radical (unpaired) electrons. The normalized spacial score (nSPS) is 18.7. The lowest BCUT2D eigenvalue weighted by atomic mass is 10.0. The van der Waals surface area contributed by atoms with Crippen molar-refractivity contribution in [3.05, 3.63) is 101 Å². The van der Waals surface area contributed by atoms with Crippen molar-refractivity contribution >= 4 is 27.0 Å². The van der Waals surface area contributed by atoms with Gasteiger partial charge in [-0.15, -0.1) is 11.3 Å². The van der Waals surface area contributed by atoms with Crippen molar-refractivity contribution in [2.45, 2.75) is 29.3 Å². The van der Waals surface area contributed by atoms with Gasteiger partial charge in [0.15, 0.2) is 0 Å². The van der Waals surface area contributed by atoms with Crippen LogP contribution in [0.1, 0.15) is 22.9 Å². The summed E-state index contributed by atoms with van der Waals surface area (Å²) in [5, 5.41) is 12.1. The smallest absolute Gasteiger partial charge is 0.254 e. The van der Waals surface area contributed by atoms with E-state index in [0.29, 0.717) is 25.1 Å². The third-order valence-corrected chi connectivity index (χ3v) is 9.28. The summed E-state index contributed by atoms with van der Waals surface area (Å²) in [6.45, 7) is 0.915. The molecule has 1 aliphatic heterocycles. The minimum absolute atomic E-state index is 0.240. The molecule has 0 saturated heterocycles. The summed E-state index contributed by atoms with van der Waals surface area (Å²) in [6, 6.07) is 21.6. The molecular formula is C25H23N5O2S2. The van der Waals surface area contributed by atoms with E-state index >= 15 is 0 Å². The number of thiophene rings is 1. The second-order valence-corrected chi connectivity index (χ2v) is 11.2. The van der Waals surface area contributed by atoms with Crippen LogP contribution in [0.4, 0.5) is 5.69 Å². The lowest BCUT2D eigenvalue weighted by Gasteiger charge is -2.33. The summed E-state index contributed by atoms with van der Waals surface area (Å²) in [7, 11) is -3.92. The lowest BCUT2D eigenvalue weighted by Crippen LogP contribution is -2.47. The monoisotopic (exact) mass is 489 g/mol. The first-order valence-corrected chi connectivity index (χ1v) is 13.2. The Morgan fingerprint density at radius 3 is 2.59 bits per heavy atom. The van der Waals surface area contributed by atoms with Gasteiger partial charge >= 0.3 is 0 Å². The highest BCUT2D eigenvalue weighted by atomic mass is 32.2. The van der Waals surface area contributed by atoms with Crippen LogP contribution in [0.5, 0.6) is 0 Å². The number of benzene rings is 2. The highest BCUT2D eigenvalue weighted by Crippen LogP contribution is 2.40. The second-order valence-electron chi connectivity index (χ2n) is 8.14. The molecule has 9 heteroatoms. The van der Waals surface area contributed by atoms with Crippen LogP contribution in [0.3, 0.4) is 0 Å². The minimum Gasteiger partial charge on any atom is -0.364 e. The maximum absolute atomic E-state index is 14.0. The van der Waals surface area contributed by atoms with Gasteiger partial charge in [0, 0.05) is 30.0 Å². The number of nitriles is 1. The maximum Gasteiger partial charge on any atom is 0.254 e. The molecule has 0 saturated carbocycles. The number of aromatic nitrogens is 2. The fraction of sp³-hybridized carbons (Fsp3) is 0.200. The van der Waals surface area contributed by atoms with Crippen molar-refractivity contribution < 1.29 is 8.42 Å². The fourth-order valence-corrected chi connectivity index (χ4v) is 7.32. The molecule has 0 aliphatic carbocycles. The third kappa shape index (κ3) is 4.23. The number of rotatable bonds is 6. The van der Waals surface area contributed by atoms with Crippen LogP contribution in [0, 0.1) is 11.3 Å². The van der Waals surface area contributed by atoms with Crippen LogP contribution in [0.2, 0.25) is 0 Å². The molecule has 2 aromatic carbocycles.